The number of hydrogen-bond acceptors (Lipinski definition) is 3. The van der Waals surface area contributed by atoms with Crippen LogP contribution in [0.25, 0.3) is 21.9 Å². The van der Waals surface area contributed by atoms with Crippen molar-refractivity contribution in [1.82, 2.24) is 9.88 Å². The van der Waals surface area contributed by atoms with E-state index in [1.54, 1.807) is 0 Å². The summed E-state index contributed by atoms with van der Waals surface area (Å²) >= 11 is 0. The van der Waals surface area contributed by atoms with E-state index in [4.69, 9.17) is 5.73 Å². The molecule has 1 aromatic heterocycles. The first kappa shape index (κ1) is 19.1. The number of piperidine rings is 1. The number of likely N-dealkylation sites (tertiary alicyclic amines) is 1. The highest BCUT2D eigenvalue weighted by Crippen LogP contribution is 2.29. The van der Waals surface area contributed by atoms with Crippen LogP contribution in [0.3, 0.4) is 0 Å². The number of nitrogens with zero attached hydrogens (tertiary/aromatic N) is 2. The van der Waals surface area contributed by atoms with E-state index >= 15 is 0 Å². The fraction of sp³-hybridized carbons (Fsp3) is 0.292. The van der Waals surface area contributed by atoms with Crippen molar-refractivity contribution in [3.05, 3.63) is 66.5 Å². The topological polar surface area (TPSA) is 76.3 Å². The van der Waals surface area contributed by atoms with E-state index in [2.05, 4.69) is 11.1 Å². The summed E-state index contributed by atoms with van der Waals surface area (Å²) in [7, 11) is 0. The number of carbonyl (C=O) groups is 2. The maximum atomic E-state index is 13.1. The average molecular weight is 387 g/mol. The van der Waals surface area contributed by atoms with Crippen molar-refractivity contribution in [3.63, 3.8) is 0 Å². The van der Waals surface area contributed by atoms with Gasteiger partial charge >= 0.3 is 0 Å². The summed E-state index contributed by atoms with van der Waals surface area (Å²) in [5, 5.41) is 2.20. The minimum absolute atomic E-state index is 0.0452. The number of carbonyl (C=O) groups excluding carboxylic acids is 2. The van der Waals surface area contributed by atoms with Crippen molar-refractivity contribution in [2.45, 2.75) is 25.7 Å². The fourth-order valence-corrected chi connectivity index (χ4v) is 4.18. The molecular weight excluding hydrogens is 362 g/mol. The van der Waals surface area contributed by atoms with Crippen LogP contribution in [0.1, 0.15) is 36.0 Å². The van der Waals surface area contributed by atoms with Crippen LogP contribution in [-0.2, 0) is 4.79 Å². The number of aromatic nitrogens is 1. The van der Waals surface area contributed by atoms with Gasteiger partial charge in [0, 0.05) is 48.4 Å². The van der Waals surface area contributed by atoms with Crippen LogP contribution in [-0.4, -0.2) is 34.8 Å². The van der Waals surface area contributed by atoms with E-state index in [1.807, 2.05) is 59.8 Å². The molecule has 0 spiro atoms. The zero-order valence-corrected chi connectivity index (χ0v) is 16.4. The van der Waals surface area contributed by atoms with Gasteiger partial charge in [0.15, 0.2) is 0 Å². The molecule has 5 nitrogen and oxygen atoms in total. The largest absolute Gasteiger partial charge is 0.370 e. The quantitative estimate of drug-likeness (QED) is 0.718. The smallest absolute Gasteiger partial charge is 0.253 e. The van der Waals surface area contributed by atoms with Crippen molar-refractivity contribution >= 4 is 22.6 Å². The number of rotatable bonds is 5. The minimum Gasteiger partial charge on any atom is -0.370 e. The Morgan fingerprint density at radius 1 is 1.10 bits per heavy atom. The van der Waals surface area contributed by atoms with E-state index in [-0.39, 0.29) is 11.8 Å². The second-order valence-electron chi connectivity index (χ2n) is 7.75. The van der Waals surface area contributed by atoms with E-state index in [9.17, 15) is 9.59 Å². The number of benzene rings is 2. The molecule has 1 aliphatic heterocycles. The molecule has 0 aliphatic carbocycles. The normalized spacial score (nSPS) is 16.7. The minimum atomic E-state index is -0.273. The molecule has 0 radical (unpaired) electrons. The van der Waals surface area contributed by atoms with Gasteiger partial charge in [0.05, 0.1) is 0 Å². The number of fused-ring (bicyclic) bond motifs is 1. The van der Waals surface area contributed by atoms with E-state index < -0.39 is 0 Å². The fourth-order valence-electron chi connectivity index (χ4n) is 4.18. The highest BCUT2D eigenvalue weighted by molar-refractivity contribution is 5.99. The van der Waals surface area contributed by atoms with Gasteiger partial charge in [-0.05, 0) is 48.3 Å². The van der Waals surface area contributed by atoms with Gasteiger partial charge in [0.25, 0.3) is 5.91 Å². The maximum absolute atomic E-state index is 13.1. The third-order valence-electron chi connectivity index (χ3n) is 5.69. The van der Waals surface area contributed by atoms with Crippen molar-refractivity contribution in [2.24, 2.45) is 11.7 Å². The number of amides is 2. The van der Waals surface area contributed by atoms with Gasteiger partial charge < -0.3 is 10.6 Å². The zero-order chi connectivity index (χ0) is 20.2. The highest BCUT2D eigenvalue weighted by atomic mass is 16.2. The molecule has 148 valence electrons. The summed E-state index contributed by atoms with van der Waals surface area (Å²) < 4.78 is 0. The van der Waals surface area contributed by atoms with Crippen LogP contribution in [0, 0.1) is 5.92 Å². The van der Waals surface area contributed by atoms with Crippen LogP contribution in [0.15, 0.2) is 60.9 Å². The first-order chi connectivity index (χ1) is 14.1. The molecule has 2 N–H and O–H groups in total. The monoisotopic (exact) mass is 387 g/mol. The number of primary amides is 1. The standard InChI is InChI=1S/C24H25N3O2/c25-23(28)11-10-17-5-4-12-27(16-17)24(29)19-8-3-7-18(13-19)22-15-26-14-20-6-1-2-9-21(20)22/h1-3,6-9,13-15,17H,4-5,10-12,16H2,(H2,25,28). The number of nitrogens with two attached hydrogens (primary N) is 1. The highest BCUT2D eigenvalue weighted by Gasteiger charge is 2.25. The van der Waals surface area contributed by atoms with Crippen LogP contribution >= 0.6 is 0 Å². The van der Waals surface area contributed by atoms with Crippen LogP contribution < -0.4 is 5.73 Å². The van der Waals surface area contributed by atoms with Gasteiger partial charge in [-0.1, -0.05) is 36.4 Å². The van der Waals surface area contributed by atoms with Crippen molar-refractivity contribution in [1.29, 1.82) is 0 Å². The first-order valence-electron chi connectivity index (χ1n) is 10.1. The lowest BCUT2D eigenvalue weighted by Gasteiger charge is -2.33. The van der Waals surface area contributed by atoms with Crippen LogP contribution in [0.5, 0.6) is 0 Å². The van der Waals surface area contributed by atoms with E-state index in [0.717, 1.165) is 47.7 Å². The van der Waals surface area contributed by atoms with Gasteiger partial charge in [0.2, 0.25) is 5.91 Å². The lowest BCUT2D eigenvalue weighted by Crippen LogP contribution is -2.40. The molecule has 1 saturated heterocycles. The van der Waals surface area contributed by atoms with E-state index in [1.165, 1.54) is 0 Å². The Bertz CT molecular complexity index is 1040. The van der Waals surface area contributed by atoms with Gasteiger partial charge in [-0.15, -0.1) is 0 Å². The summed E-state index contributed by atoms with van der Waals surface area (Å²) in [4.78, 5) is 30.5. The molecule has 2 aromatic carbocycles. The zero-order valence-electron chi connectivity index (χ0n) is 16.4. The molecule has 5 heteroatoms. The van der Waals surface area contributed by atoms with Gasteiger partial charge in [-0.2, -0.15) is 0 Å². The summed E-state index contributed by atoms with van der Waals surface area (Å²) in [6, 6.07) is 15.9. The Morgan fingerprint density at radius 2 is 1.97 bits per heavy atom. The van der Waals surface area contributed by atoms with E-state index in [0.29, 0.717) is 24.4 Å². The summed E-state index contributed by atoms with van der Waals surface area (Å²) in [5.74, 6) is 0.110. The first-order valence-corrected chi connectivity index (χ1v) is 10.1. The predicted octanol–water partition coefficient (Wildman–Crippen LogP) is 4.02. The molecule has 0 saturated carbocycles. The summed E-state index contributed by atoms with van der Waals surface area (Å²) in [6.45, 7) is 1.44. The summed E-state index contributed by atoms with van der Waals surface area (Å²) in [6.07, 6.45) is 6.85. The Labute approximate surface area is 170 Å². The molecule has 1 atom stereocenters. The Kier molecular flexibility index (Phi) is 5.56. The second kappa shape index (κ2) is 8.43. The molecule has 0 bridgehead atoms. The molecule has 4 rings (SSSR count). The molecule has 29 heavy (non-hydrogen) atoms. The molecular formula is C24H25N3O2. The van der Waals surface area contributed by atoms with Crippen LogP contribution in [0.2, 0.25) is 0 Å². The maximum Gasteiger partial charge on any atom is 0.253 e. The van der Waals surface area contributed by atoms with Crippen molar-refractivity contribution in [2.75, 3.05) is 13.1 Å². The average Bonchev–Trinajstić information content (AvgIpc) is 2.77. The molecule has 1 fully saturated rings. The van der Waals surface area contributed by atoms with Crippen LogP contribution in [0.4, 0.5) is 0 Å². The SMILES string of the molecule is NC(=O)CCC1CCCN(C(=O)c2cccc(-c3cncc4ccccc34)c2)C1. The van der Waals surface area contributed by atoms with Crippen molar-refractivity contribution < 1.29 is 9.59 Å². The number of pyridine rings is 1. The van der Waals surface area contributed by atoms with Gasteiger partial charge in [-0.3, -0.25) is 14.6 Å². The lowest BCUT2D eigenvalue weighted by molar-refractivity contribution is -0.118. The molecule has 1 aliphatic rings. The predicted molar refractivity (Wildman–Crippen MR) is 114 cm³/mol. The lowest BCUT2D eigenvalue weighted by atomic mass is 9.92. The Morgan fingerprint density at radius 3 is 2.83 bits per heavy atom. The Hall–Kier alpha value is -3.21. The summed E-state index contributed by atoms with van der Waals surface area (Å²) in [5.41, 5.74) is 7.98. The third-order valence-corrected chi connectivity index (χ3v) is 5.69. The van der Waals surface area contributed by atoms with Crippen molar-refractivity contribution in [3.8, 4) is 11.1 Å². The molecule has 2 heterocycles. The third kappa shape index (κ3) is 4.29. The molecule has 1 unspecified atom stereocenters. The second-order valence-corrected chi connectivity index (χ2v) is 7.75. The van der Waals surface area contributed by atoms with Gasteiger partial charge in [-0.25, -0.2) is 0 Å². The Balaban J connectivity index is 1.57. The number of hydrogen-bond donors (Lipinski definition) is 1. The van der Waals surface area contributed by atoms with Gasteiger partial charge in [0.1, 0.15) is 0 Å². The molecule has 3 aromatic rings. The molecule has 2 amide bonds.